The lowest BCUT2D eigenvalue weighted by atomic mass is 10.0. The number of hydrogen-bond acceptors (Lipinski definition) is 4. The molecule has 25 heavy (non-hydrogen) atoms. The van der Waals surface area contributed by atoms with E-state index in [0.717, 1.165) is 0 Å². The van der Waals surface area contributed by atoms with Crippen molar-refractivity contribution in [1.82, 2.24) is 4.90 Å². The molecule has 0 aliphatic rings. The Bertz CT molecular complexity index is 749. The molecule has 2 aromatic carbocycles. The van der Waals surface area contributed by atoms with Crippen molar-refractivity contribution in [3.8, 4) is 11.8 Å². The van der Waals surface area contributed by atoms with Gasteiger partial charge in [0.1, 0.15) is 5.75 Å². The van der Waals surface area contributed by atoms with Gasteiger partial charge in [-0.05, 0) is 31.2 Å². The molecule has 0 N–H and O–H groups in total. The smallest absolute Gasteiger partial charge is 0.260 e. The Kier molecular flexibility index (Phi) is 6.73. The number of carbonyl (C=O) groups excluding carboxylic acids is 2. The van der Waals surface area contributed by atoms with Gasteiger partial charge in [0.25, 0.3) is 5.91 Å². The van der Waals surface area contributed by atoms with Gasteiger partial charge < -0.3 is 9.64 Å². The third-order valence-electron chi connectivity index (χ3n) is 3.74. The molecular formula is C20H20N2O3. The Labute approximate surface area is 147 Å². The molecule has 0 saturated carbocycles. The van der Waals surface area contributed by atoms with Crippen LogP contribution in [0.4, 0.5) is 0 Å². The van der Waals surface area contributed by atoms with Crippen LogP contribution in [0.15, 0.2) is 54.6 Å². The number of hydrogen-bond donors (Lipinski definition) is 0. The number of nitriles is 1. The van der Waals surface area contributed by atoms with Crippen LogP contribution in [0, 0.1) is 11.3 Å². The standard InChI is InChI=1S/C20H20N2O3/c1-2-22(14-6-13-21)19(23)15-25-18-11-9-17(10-12-18)20(24)16-7-4-3-5-8-16/h3-5,7-12H,2,6,14-15H2,1H3. The zero-order chi connectivity index (χ0) is 18.1. The number of ether oxygens (including phenoxy) is 1. The molecule has 0 aromatic heterocycles. The number of benzene rings is 2. The number of amides is 1. The lowest BCUT2D eigenvalue weighted by molar-refractivity contribution is -0.133. The highest BCUT2D eigenvalue weighted by Crippen LogP contribution is 2.15. The molecule has 0 atom stereocenters. The molecule has 0 saturated heterocycles. The van der Waals surface area contributed by atoms with Gasteiger partial charge in [-0.25, -0.2) is 0 Å². The van der Waals surface area contributed by atoms with Crippen molar-refractivity contribution in [2.75, 3.05) is 19.7 Å². The molecule has 128 valence electrons. The van der Waals surface area contributed by atoms with Gasteiger partial charge in [-0.15, -0.1) is 0 Å². The highest BCUT2D eigenvalue weighted by atomic mass is 16.5. The summed E-state index contributed by atoms with van der Waals surface area (Å²) in [5.41, 5.74) is 1.19. The van der Waals surface area contributed by atoms with Crippen molar-refractivity contribution in [3.63, 3.8) is 0 Å². The van der Waals surface area contributed by atoms with E-state index in [9.17, 15) is 9.59 Å². The molecule has 2 rings (SSSR count). The van der Waals surface area contributed by atoms with E-state index >= 15 is 0 Å². The van der Waals surface area contributed by atoms with Crippen LogP contribution < -0.4 is 4.74 Å². The van der Waals surface area contributed by atoms with E-state index in [1.54, 1.807) is 41.3 Å². The molecule has 0 fully saturated rings. The summed E-state index contributed by atoms with van der Waals surface area (Å²) in [6.07, 6.45) is 0.301. The predicted molar refractivity (Wildman–Crippen MR) is 94.3 cm³/mol. The molecule has 2 aromatic rings. The van der Waals surface area contributed by atoms with Crippen molar-refractivity contribution >= 4 is 11.7 Å². The molecule has 0 aliphatic carbocycles. The maximum absolute atomic E-state index is 12.3. The second-order valence-corrected chi connectivity index (χ2v) is 5.39. The first kappa shape index (κ1) is 18.2. The van der Waals surface area contributed by atoms with E-state index in [-0.39, 0.29) is 18.3 Å². The molecule has 0 spiro atoms. The second-order valence-electron chi connectivity index (χ2n) is 5.39. The summed E-state index contributed by atoms with van der Waals surface area (Å²) >= 11 is 0. The quantitative estimate of drug-likeness (QED) is 0.695. The van der Waals surface area contributed by atoms with Crippen LogP contribution in [0.5, 0.6) is 5.75 Å². The average Bonchev–Trinajstić information content (AvgIpc) is 2.67. The first-order chi connectivity index (χ1) is 12.2. The Morgan fingerprint density at radius 3 is 2.28 bits per heavy atom. The maximum atomic E-state index is 12.3. The summed E-state index contributed by atoms with van der Waals surface area (Å²) in [6, 6.07) is 17.8. The molecule has 0 aliphatic heterocycles. The third-order valence-corrected chi connectivity index (χ3v) is 3.74. The van der Waals surface area contributed by atoms with Crippen molar-refractivity contribution in [1.29, 1.82) is 5.26 Å². The van der Waals surface area contributed by atoms with Crippen LogP contribution in [-0.2, 0) is 4.79 Å². The van der Waals surface area contributed by atoms with Crippen molar-refractivity contribution in [2.45, 2.75) is 13.3 Å². The van der Waals surface area contributed by atoms with E-state index in [4.69, 9.17) is 10.00 Å². The second kappa shape index (κ2) is 9.24. The van der Waals surface area contributed by atoms with Crippen molar-refractivity contribution in [3.05, 3.63) is 65.7 Å². The predicted octanol–water partition coefficient (Wildman–Crippen LogP) is 3.06. The van der Waals surface area contributed by atoms with Gasteiger partial charge in [0.2, 0.25) is 0 Å². The maximum Gasteiger partial charge on any atom is 0.260 e. The monoisotopic (exact) mass is 336 g/mol. The molecule has 0 unspecified atom stereocenters. The summed E-state index contributed by atoms with van der Waals surface area (Å²) in [5, 5.41) is 8.61. The Balaban J connectivity index is 1.93. The van der Waals surface area contributed by atoms with E-state index in [1.807, 2.05) is 31.2 Å². The average molecular weight is 336 g/mol. The topological polar surface area (TPSA) is 70.4 Å². The van der Waals surface area contributed by atoms with Gasteiger partial charge in [0.15, 0.2) is 12.4 Å². The third kappa shape index (κ3) is 5.18. The number of likely N-dealkylation sites (N-methyl/N-ethyl adjacent to an activating group) is 1. The zero-order valence-electron chi connectivity index (χ0n) is 14.1. The zero-order valence-corrected chi connectivity index (χ0v) is 14.1. The molecule has 5 heteroatoms. The highest BCUT2D eigenvalue weighted by molar-refractivity contribution is 6.08. The fourth-order valence-corrected chi connectivity index (χ4v) is 2.34. The lowest BCUT2D eigenvalue weighted by Crippen LogP contribution is -2.35. The summed E-state index contributed by atoms with van der Waals surface area (Å²) in [6.45, 7) is 2.71. The summed E-state index contributed by atoms with van der Waals surface area (Å²) in [5.74, 6) is 0.299. The van der Waals surface area contributed by atoms with E-state index in [0.29, 0.717) is 36.4 Å². The van der Waals surface area contributed by atoms with Gasteiger partial charge in [-0.3, -0.25) is 9.59 Å². The first-order valence-electron chi connectivity index (χ1n) is 8.13. The summed E-state index contributed by atoms with van der Waals surface area (Å²) < 4.78 is 5.49. The fourth-order valence-electron chi connectivity index (χ4n) is 2.34. The molecule has 1 amide bonds. The van der Waals surface area contributed by atoms with Crippen LogP contribution in [0.1, 0.15) is 29.3 Å². The largest absolute Gasteiger partial charge is 0.484 e. The van der Waals surface area contributed by atoms with Gasteiger partial charge in [-0.1, -0.05) is 30.3 Å². The number of ketones is 1. The van der Waals surface area contributed by atoms with Crippen molar-refractivity contribution < 1.29 is 14.3 Å². The van der Waals surface area contributed by atoms with Gasteiger partial charge in [0, 0.05) is 24.2 Å². The van der Waals surface area contributed by atoms with E-state index in [2.05, 4.69) is 0 Å². The molecule has 0 bridgehead atoms. The minimum absolute atomic E-state index is 0.0584. The molecule has 0 radical (unpaired) electrons. The minimum atomic E-state index is -0.165. The molecule has 5 nitrogen and oxygen atoms in total. The van der Waals surface area contributed by atoms with Crippen LogP contribution in [0.3, 0.4) is 0 Å². The van der Waals surface area contributed by atoms with Crippen LogP contribution in [0.2, 0.25) is 0 Å². The molecular weight excluding hydrogens is 316 g/mol. The Morgan fingerprint density at radius 2 is 1.68 bits per heavy atom. The summed E-state index contributed by atoms with van der Waals surface area (Å²) in [7, 11) is 0. The van der Waals surface area contributed by atoms with Crippen LogP contribution in [-0.4, -0.2) is 36.3 Å². The molecule has 0 heterocycles. The van der Waals surface area contributed by atoms with Crippen LogP contribution >= 0.6 is 0 Å². The SMILES string of the molecule is CCN(CCC#N)C(=O)COc1ccc(C(=O)c2ccccc2)cc1. The fraction of sp³-hybridized carbons (Fsp3) is 0.250. The summed E-state index contributed by atoms with van der Waals surface area (Å²) in [4.78, 5) is 26.0. The Morgan fingerprint density at radius 1 is 1.04 bits per heavy atom. The number of carbonyl (C=O) groups is 2. The van der Waals surface area contributed by atoms with E-state index < -0.39 is 0 Å². The van der Waals surface area contributed by atoms with Gasteiger partial charge >= 0.3 is 0 Å². The van der Waals surface area contributed by atoms with Crippen LogP contribution in [0.25, 0.3) is 0 Å². The van der Waals surface area contributed by atoms with Crippen molar-refractivity contribution in [2.24, 2.45) is 0 Å². The Hall–Kier alpha value is -3.13. The highest BCUT2D eigenvalue weighted by Gasteiger charge is 2.12. The van der Waals surface area contributed by atoms with E-state index in [1.165, 1.54) is 0 Å². The first-order valence-corrected chi connectivity index (χ1v) is 8.13. The number of rotatable bonds is 8. The number of nitrogens with zero attached hydrogens (tertiary/aromatic N) is 2. The normalized spacial score (nSPS) is 9.92. The van der Waals surface area contributed by atoms with Gasteiger partial charge in [-0.2, -0.15) is 5.26 Å². The minimum Gasteiger partial charge on any atom is -0.484 e. The lowest BCUT2D eigenvalue weighted by Gasteiger charge is -2.19. The van der Waals surface area contributed by atoms with Gasteiger partial charge in [0.05, 0.1) is 12.5 Å².